The molecule has 0 saturated heterocycles. The van der Waals surface area contributed by atoms with Crippen molar-refractivity contribution in [3.8, 4) is 17.3 Å². The molecule has 0 radical (unpaired) electrons. The topological polar surface area (TPSA) is 54.0 Å². The Kier molecular flexibility index (Phi) is 2.65. The van der Waals surface area contributed by atoms with Gasteiger partial charge in [0.2, 0.25) is 0 Å². The second-order valence-electron chi connectivity index (χ2n) is 3.85. The van der Waals surface area contributed by atoms with Crippen molar-refractivity contribution < 1.29 is 4.39 Å². The quantitative estimate of drug-likeness (QED) is 0.640. The molecule has 0 aliphatic carbocycles. The average molecular weight is 273 g/mol. The second kappa shape index (κ2) is 4.34. The number of hydrogen-bond acceptors (Lipinski definition) is 3. The van der Waals surface area contributed by atoms with Gasteiger partial charge in [0.25, 0.3) is 0 Å². The van der Waals surface area contributed by atoms with E-state index in [-0.39, 0.29) is 5.15 Å². The number of halogens is 2. The molecule has 0 aliphatic rings. The van der Waals surface area contributed by atoms with Gasteiger partial charge in [0.05, 0.1) is 11.9 Å². The molecule has 0 atom stereocenters. The van der Waals surface area contributed by atoms with Gasteiger partial charge in [-0.3, -0.25) is 0 Å². The van der Waals surface area contributed by atoms with Crippen molar-refractivity contribution >= 4 is 17.2 Å². The molecule has 3 rings (SSSR count). The second-order valence-corrected chi connectivity index (χ2v) is 4.24. The maximum absolute atomic E-state index is 13.7. The average Bonchev–Trinajstić information content (AvgIpc) is 2.82. The molecular formula is C13H6ClFN4. The van der Waals surface area contributed by atoms with Gasteiger partial charge in [0, 0.05) is 11.6 Å². The van der Waals surface area contributed by atoms with Crippen LogP contribution in [0.1, 0.15) is 5.56 Å². The van der Waals surface area contributed by atoms with Crippen LogP contribution in [0.2, 0.25) is 5.15 Å². The molecular weight excluding hydrogens is 267 g/mol. The first kappa shape index (κ1) is 11.6. The zero-order valence-electron chi connectivity index (χ0n) is 9.51. The van der Waals surface area contributed by atoms with E-state index in [0.29, 0.717) is 22.5 Å². The van der Waals surface area contributed by atoms with Crippen molar-refractivity contribution in [1.82, 2.24) is 14.6 Å². The smallest absolute Gasteiger partial charge is 0.175 e. The van der Waals surface area contributed by atoms with E-state index in [2.05, 4.69) is 10.1 Å². The fourth-order valence-electron chi connectivity index (χ4n) is 1.81. The monoisotopic (exact) mass is 272 g/mol. The number of rotatable bonds is 1. The van der Waals surface area contributed by atoms with Crippen molar-refractivity contribution in [2.45, 2.75) is 0 Å². The van der Waals surface area contributed by atoms with Gasteiger partial charge in [0.1, 0.15) is 22.6 Å². The molecule has 3 aromatic rings. The number of benzene rings is 1. The van der Waals surface area contributed by atoms with Crippen LogP contribution in [0.3, 0.4) is 0 Å². The molecule has 0 N–H and O–H groups in total. The number of nitriles is 1. The fourth-order valence-corrected chi connectivity index (χ4v) is 2.04. The van der Waals surface area contributed by atoms with E-state index in [4.69, 9.17) is 16.9 Å². The lowest BCUT2D eigenvalue weighted by atomic mass is 10.1. The minimum Gasteiger partial charge on any atom is -0.227 e. The highest BCUT2D eigenvalue weighted by atomic mass is 35.5. The molecule has 6 heteroatoms. The van der Waals surface area contributed by atoms with E-state index in [1.807, 2.05) is 6.07 Å². The molecule has 0 saturated carbocycles. The van der Waals surface area contributed by atoms with Crippen LogP contribution in [-0.2, 0) is 0 Å². The summed E-state index contributed by atoms with van der Waals surface area (Å²) in [4.78, 5) is 4.25. The molecule has 0 spiro atoms. The van der Waals surface area contributed by atoms with Gasteiger partial charge in [-0.25, -0.2) is 13.9 Å². The Labute approximate surface area is 112 Å². The summed E-state index contributed by atoms with van der Waals surface area (Å²) >= 11 is 6.06. The number of hydrogen-bond donors (Lipinski definition) is 0. The maximum Gasteiger partial charge on any atom is 0.175 e. The third kappa shape index (κ3) is 1.83. The van der Waals surface area contributed by atoms with Crippen LogP contribution in [-0.4, -0.2) is 14.6 Å². The minimum absolute atomic E-state index is 0.268. The normalized spacial score (nSPS) is 10.6. The molecule has 0 unspecified atom stereocenters. The summed E-state index contributed by atoms with van der Waals surface area (Å²) in [6.07, 6.45) is 1.37. The molecule has 4 nitrogen and oxygen atoms in total. The van der Waals surface area contributed by atoms with Gasteiger partial charge in [-0.15, -0.1) is 0 Å². The predicted octanol–water partition coefficient (Wildman–Crippen LogP) is 3.06. The first-order chi connectivity index (χ1) is 9.20. The SMILES string of the molecule is N#Cc1cnn2c(Cl)cc(-c3ccccc3F)nc12. The van der Waals surface area contributed by atoms with Crippen molar-refractivity contribution in [2.24, 2.45) is 0 Å². The first-order valence-corrected chi connectivity index (χ1v) is 5.78. The Balaban J connectivity index is 2.32. The summed E-state index contributed by atoms with van der Waals surface area (Å²) in [5.41, 5.74) is 1.30. The van der Waals surface area contributed by atoms with Crippen LogP contribution < -0.4 is 0 Å². The molecule has 2 heterocycles. The van der Waals surface area contributed by atoms with Crippen molar-refractivity contribution in [1.29, 1.82) is 5.26 Å². The Morgan fingerprint density at radius 3 is 2.84 bits per heavy atom. The lowest BCUT2D eigenvalue weighted by molar-refractivity contribution is 0.630. The van der Waals surface area contributed by atoms with Crippen LogP contribution >= 0.6 is 11.6 Å². The van der Waals surface area contributed by atoms with Gasteiger partial charge in [-0.1, -0.05) is 23.7 Å². The summed E-state index contributed by atoms with van der Waals surface area (Å²) in [5, 5.41) is 13.2. The summed E-state index contributed by atoms with van der Waals surface area (Å²) in [7, 11) is 0. The Morgan fingerprint density at radius 2 is 2.11 bits per heavy atom. The predicted molar refractivity (Wildman–Crippen MR) is 68.1 cm³/mol. The first-order valence-electron chi connectivity index (χ1n) is 5.40. The van der Waals surface area contributed by atoms with E-state index in [1.165, 1.54) is 22.8 Å². The van der Waals surface area contributed by atoms with Gasteiger partial charge in [-0.2, -0.15) is 10.4 Å². The van der Waals surface area contributed by atoms with Gasteiger partial charge < -0.3 is 0 Å². The van der Waals surface area contributed by atoms with Crippen molar-refractivity contribution in [3.63, 3.8) is 0 Å². The van der Waals surface area contributed by atoms with Crippen LogP contribution in [0.15, 0.2) is 36.5 Å². The number of nitrogens with zero attached hydrogens (tertiary/aromatic N) is 4. The van der Waals surface area contributed by atoms with Crippen LogP contribution in [0.5, 0.6) is 0 Å². The summed E-state index contributed by atoms with van der Waals surface area (Å²) in [5.74, 6) is -0.395. The molecule has 19 heavy (non-hydrogen) atoms. The third-order valence-electron chi connectivity index (χ3n) is 2.70. The lowest BCUT2D eigenvalue weighted by Gasteiger charge is -2.04. The van der Waals surface area contributed by atoms with E-state index in [9.17, 15) is 4.39 Å². The van der Waals surface area contributed by atoms with Crippen molar-refractivity contribution in [3.05, 3.63) is 53.1 Å². The minimum atomic E-state index is -0.395. The molecule has 0 fully saturated rings. The standard InChI is InChI=1S/C13H6ClFN4/c14-12-5-11(9-3-1-2-4-10(9)15)18-13-8(6-16)7-17-19(12)13/h1-5,7H. The van der Waals surface area contributed by atoms with E-state index in [0.717, 1.165) is 0 Å². The lowest BCUT2D eigenvalue weighted by Crippen LogP contribution is -1.96. The molecule has 0 bridgehead atoms. The van der Waals surface area contributed by atoms with Gasteiger partial charge in [0.15, 0.2) is 5.65 Å². The fraction of sp³-hybridized carbons (Fsp3) is 0. The summed E-state index contributed by atoms with van der Waals surface area (Å²) in [6.45, 7) is 0. The zero-order valence-corrected chi connectivity index (χ0v) is 10.3. The third-order valence-corrected chi connectivity index (χ3v) is 2.97. The van der Waals surface area contributed by atoms with Crippen LogP contribution in [0.4, 0.5) is 4.39 Å². The zero-order chi connectivity index (χ0) is 13.4. The Morgan fingerprint density at radius 1 is 1.32 bits per heavy atom. The highest BCUT2D eigenvalue weighted by molar-refractivity contribution is 6.30. The van der Waals surface area contributed by atoms with Crippen LogP contribution in [0.25, 0.3) is 16.9 Å². The van der Waals surface area contributed by atoms with E-state index in [1.54, 1.807) is 18.2 Å². The molecule has 0 amide bonds. The Hall–Kier alpha value is -2.45. The van der Waals surface area contributed by atoms with Gasteiger partial charge in [-0.05, 0) is 12.1 Å². The molecule has 2 aromatic heterocycles. The number of aromatic nitrogens is 3. The van der Waals surface area contributed by atoms with E-state index < -0.39 is 5.82 Å². The van der Waals surface area contributed by atoms with Crippen LogP contribution in [0, 0.1) is 17.1 Å². The molecule has 1 aromatic carbocycles. The van der Waals surface area contributed by atoms with E-state index >= 15 is 0 Å². The summed E-state index contributed by atoms with van der Waals surface area (Å²) in [6, 6.07) is 9.74. The van der Waals surface area contributed by atoms with Gasteiger partial charge >= 0.3 is 0 Å². The number of fused-ring (bicyclic) bond motifs is 1. The molecule has 92 valence electrons. The Bertz CT molecular complexity index is 819. The van der Waals surface area contributed by atoms with Crippen molar-refractivity contribution in [2.75, 3.05) is 0 Å². The molecule has 0 aliphatic heterocycles. The maximum atomic E-state index is 13.7. The highest BCUT2D eigenvalue weighted by Gasteiger charge is 2.13. The summed E-state index contributed by atoms with van der Waals surface area (Å²) < 4.78 is 15.1. The highest BCUT2D eigenvalue weighted by Crippen LogP contribution is 2.25. The largest absolute Gasteiger partial charge is 0.227 e.